The lowest BCUT2D eigenvalue weighted by Crippen LogP contribution is -2.31. The Kier molecular flexibility index (Phi) is 5.77. The van der Waals surface area contributed by atoms with Crippen molar-refractivity contribution in [2.75, 3.05) is 6.54 Å². The van der Waals surface area contributed by atoms with E-state index >= 15 is 0 Å². The Morgan fingerprint density at radius 2 is 1.47 bits per heavy atom. The van der Waals surface area contributed by atoms with E-state index in [1.807, 2.05) is 0 Å². The predicted octanol–water partition coefficient (Wildman–Crippen LogP) is 4.21. The second-order valence-corrected chi connectivity index (χ2v) is 5.52. The standard InChI is InChI=1S/C16H23F2N/c17-14-10-13(11-15(18)12-14)8-9-19-16-6-4-2-1-3-5-7-16/h10-12,16,19H,1-9H2. The third kappa shape index (κ3) is 5.27. The Labute approximate surface area is 114 Å². The third-order valence-corrected chi connectivity index (χ3v) is 3.87. The van der Waals surface area contributed by atoms with Crippen molar-refractivity contribution in [1.29, 1.82) is 0 Å². The second kappa shape index (κ2) is 7.59. The first kappa shape index (κ1) is 14.4. The fourth-order valence-corrected chi connectivity index (χ4v) is 2.84. The molecule has 0 spiro atoms. The van der Waals surface area contributed by atoms with E-state index in [4.69, 9.17) is 0 Å². The zero-order chi connectivity index (χ0) is 13.5. The van der Waals surface area contributed by atoms with Crippen molar-refractivity contribution in [2.45, 2.75) is 57.4 Å². The van der Waals surface area contributed by atoms with Gasteiger partial charge in [-0.3, -0.25) is 0 Å². The van der Waals surface area contributed by atoms with Crippen LogP contribution in [-0.2, 0) is 6.42 Å². The molecule has 2 rings (SSSR count). The lowest BCUT2D eigenvalue weighted by molar-refractivity contribution is 0.392. The summed E-state index contributed by atoms with van der Waals surface area (Å²) in [5, 5.41) is 3.53. The van der Waals surface area contributed by atoms with Crippen molar-refractivity contribution in [2.24, 2.45) is 0 Å². The molecule has 0 unspecified atom stereocenters. The molecule has 106 valence electrons. The van der Waals surface area contributed by atoms with Crippen LogP contribution in [0, 0.1) is 11.6 Å². The van der Waals surface area contributed by atoms with Crippen LogP contribution < -0.4 is 5.32 Å². The number of hydrogen-bond donors (Lipinski definition) is 1. The summed E-state index contributed by atoms with van der Waals surface area (Å²) >= 11 is 0. The van der Waals surface area contributed by atoms with Crippen LogP contribution in [-0.4, -0.2) is 12.6 Å². The monoisotopic (exact) mass is 267 g/mol. The summed E-state index contributed by atoms with van der Waals surface area (Å²) in [4.78, 5) is 0. The van der Waals surface area contributed by atoms with Gasteiger partial charge in [0.15, 0.2) is 0 Å². The van der Waals surface area contributed by atoms with Crippen LogP contribution in [0.1, 0.15) is 50.5 Å². The first-order valence-electron chi connectivity index (χ1n) is 7.42. The summed E-state index contributed by atoms with van der Waals surface area (Å²) in [7, 11) is 0. The minimum Gasteiger partial charge on any atom is -0.314 e. The fraction of sp³-hybridized carbons (Fsp3) is 0.625. The molecule has 0 aliphatic heterocycles. The Bertz CT molecular complexity index is 364. The summed E-state index contributed by atoms with van der Waals surface area (Å²) < 4.78 is 26.1. The molecule has 1 saturated carbocycles. The topological polar surface area (TPSA) is 12.0 Å². The van der Waals surface area contributed by atoms with Gasteiger partial charge in [0.2, 0.25) is 0 Å². The Morgan fingerprint density at radius 1 is 0.895 bits per heavy atom. The lowest BCUT2D eigenvalue weighted by atomic mass is 9.96. The molecule has 19 heavy (non-hydrogen) atoms. The highest BCUT2D eigenvalue weighted by atomic mass is 19.1. The maximum atomic E-state index is 13.0. The number of nitrogens with one attached hydrogen (secondary N) is 1. The second-order valence-electron chi connectivity index (χ2n) is 5.52. The molecule has 0 aromatic heterocycles. The zero-order valence-corrected chi connectivity index (χ0v) is 11.4. The van der Waals surface area contributed by atoms with Crippen molar-refractivity contribution in [3.8, 4) is 0 Å². The Hall–Kier alpha value is -0.960. The van der Waals surface area contributed by atoms with Crippen molar-refractivity contribution < 1.29 is 8.78 Å². The van der Waals surface area contributed by atoms with Crippen LogP contribution in [0.15, 0.2) is 18.2 Å². The summed E-state index contributed by atoms with van der Waals surface area (Å²) in [6.07, 6.45) is 9.80. The quantitative estimate of drug-likeness (QED) is 0.861. The van der Waals surface area contributed by atoms with E-state index in [0.717, 1.165) is 18.2 Å². The third-order valence-electron chi connectivity index (χ3n) is 3.87. The number of rotatable bonds is 4. The highest BCUT2D eigenvalue weighted by Gasteiger charge is 2.10. The van der Waals surface area contributed by atoms with E-state index in [0.29, 0.717) is 12.5 Å². The lowest BCUT2D eigenvalue weighted by Gasteiger charge is -2.21. The van der Waals surface area contributed by atoms with Gasteiger partial charge in [-0.1, -0.05) is 32.1 Å². The number of halogens is 2. The van der Waals surface area contributed by atoms with Crippen molar-refractivity contribution in [3.63, 3.8) is 0 Å². The Morgan fingerprint density at radius 3 is 2.11 bits per heavy atom. The average Bonchev–Trinajstić information content (AvgIpc) is 2.30. The van der Waals surface area contributed by atoms with Gasteiger partial charge in [0, 0.05) is 12.1 Å². The van der Waals surface area contributed by atoms with Gasteiger partial charge in [-0.15, -0.1) is 0 Å². The molecule has 1 aromatic rings. The molecule has 0 amide bonds. The van der Waals surface area contributed by atoms with Gasteiger partial charge in [-0.25, -0.2) is 8.78 Å². The predicted molar refractivity (Wildman–Crippen MR) is 74.2 cm³/mol. The van der Waals surface area contributed by atoms with Crippen LogP contribution in [0.2, 0.25) is 0 Å². The maximum absolute atomic E-state index is 13.0. The first-order chi connectivity index (χ1) is 9.24. The van der Waals surface area contributed by atoms with Gasteiger partial charge >= 0.3 is 0 Å². The molecule has 1 nitrogen and oxygen atoms in total. The van der Waals surface area contributed by atoms with E-state index in [9.17, 15) is 8.78 Å². The minimum absolute atomic E-state index is 0.485. The molecular weight excluding hydrogens is 244 g/mol. The molecule has 3 heteroatoms. The smallest absolute Gasteiger partial charge is 0.126 e. The highest BCUT2D eigenvalue weighted by Crippen LogP contribution is 2.17. The molecule has 0 heterocycles. The largest absolute Gasteiger partial charge is 0.314 e. The molecular formula is C16H23F2N. The van der Waals surface area contributed by atoms with Gasteiger partial charge in [-0.05, 0) is 43.5 Å². The molecule has 0 saturated heterocycles. The highest BCUT2D eigenvalue weighted by molar-refractivity contribution is 5.18. The molecule has 0 atom stereocenters. The molecule has 1 fully saturated rings. The Balaban J connectivity index is 1.75. The molecule has 1 aromatic carbocycles. The summed E-state index contributed by atoms with van der Waals surface area (Å²) in [6, 6.07) is 4.34. The van der Waals surface area contributed by atoms with E-state index < -0.39 is 11.6 Å². The van der Waals surface area contributed by atoms with Gasteiger partial charge in [-0.2, -0.15) is 0 Å². The van der Waals surface area contributed by atoms with E-state index in [1.165, 1.54) is 57.1 Å². The van der Waals surface area contributed by atoms with Gasteiger partial charge in [0.1, 0.15) is 11.6 Å². The van der Waals surface area contributed by atoms with Crippen LogP contribution in [0.5, 0.6) is 0 Å². The van der Waals surface area contributed by atoms with Crippen LogP contribution in [0.4, 0.5) is 8.78 Å². The summed E-state index contributed by atoms with van der Waals surface area (Å²) in [6.45, 7) is 0.799. The molecule has 1 aliphatic rings. The maximum Gasteiger partial charge on any atom is 0.126 e. The van der Waals surface area contributed by atoms with Crippen LogP contribution >= 0.6 is 0 Å². The van der Waals surface area contributed by atoms with Crippen molar-refractivity contribution in [1.82, 2.24) is 5.32 Å². The van der Waals surface area contributed by atoms with Gasteiger partial charge < -0.3 is 5.32 Å². The average molecular weight is 267 g/mol. The SMILES string of the molecule is Fc1cc(F)cc(CCNC2CCCCCCC2)c1. The fourth-order valence-electron chi connectivity index (χ4n) is 2.84. The van der Waals surface area contributed by atoms with E-state index in [-0.39, 0.29) is 0 Å². The first-order valence-corrected chi connectivity index (χ1v) is 7.42. The summed E-state index contributed by atoms with van der Waals surface area (Å²) in [5.41, 5.74) is 0.732. The minimum atomic E-state index is -0.485. The molecule has 0 radical (unpaired) electrons. The van der Waals surface area contributed by atoms with Crippen molar-refractivity contribution >= 4 is 0 Å². The van der Waals surface area contributed by atoms with Crippen LogP contribution in [0.25, 0.3) is 0 Å². The molecule has 1 aliphatic carbocycles. The normalized spacial score (nSPS) is 18.0. The molecule has 1 N–H and O–H groups in total. The van der Waals surface area contributed by atoms with E-state index in [2.05, 4.69) is 5.32 Å². The van der Waals surface area contributed by atoms with Gasteiger partial charge in [0.25, 0.3) is 0 Å². The van der Waals surface area contributed by atoms with Crippen molar-refractivity contribution in [3.05, 3.63) is 35.4 Å². The van der Waals surface area contributed by atoms with Gasteiger partial charge in [0.05, 0.1) is 0 Å². The van der Waals surface area contributed by atoms with Crippen LogP contribution in [0.3, 0.4) is 0 Å². The number of hydrogen-bond acceptors (Lipinski definition) is 1. The van der Waals surface area contributed by atoms with E-state index in [1.54, 1.807) is 0 Å². The zero-order valence-electron chi connectivity index (χ0n) is 11.4. The number of benzene rings is 1. The summed E-state index contributed by atoms with van der Waals surface area (Å²) in [5.74, 6) is -0.970. The molecule has 0 bridgehead atoms.